The molecule has 0 saturated carbocycles. The predicted molar refractivity (Wildman–Crippen MR) is 177 cm³/mol. The Morgan fingerprint density at radius 2 is 1.71 bits per heavy atom. The molecule has 0 bridgehead atoms. The molecule has 10 nitrogen and oxygen atoms in total. The average molecular weight is 656 g/mol. The molecule has 4 aromatic rings. The standard InChI is InChI=1S/C38H41NO9/c1-26-11-9-16-29(19-26)32-21-34(48-33(32)17-10-18-45-25-31(22-40)46-23-28-14-7-4-8-15-28)35(41)36(44-2)37(42)39-30(24-47-38(39)43)20-27-12-5-3-6-13-27/h3-9,11-16,19,21,30-31,36,40H,10,17-18,20,22-25H2,1-2H3/t30-,31-,36-/m1/s1. The van der Waals surface area contributed by atoms with Gasteiger partial charge in [0.15, 0.2) is 5.76 Å². The fraction of sp³-hybridized carbons (Fsp3) is 0.342. The van der Waals surface area contributed by atoms with Crippen molar-refractivity contribution in [2.75, 3.05) is 33.5 Å². The van der Waals surface area contributed by atoms with Gasteiger partial charge in [0.2, 0.25) is 11.9 Å². The fourth-order valence-corrected chi connectivity index (χ4v) is 5.63. The van der Waals surface area contributed by atoms with Gasteiger partial charge in [0.25, 0.3) is 5.91 Å². The van der Waals surface area contributed by atoms with Gasteiger partial charge in [-0.05, 0) is 42.5 Å². The lowest BCUT2D eigenvalue weighted by molar-refractivity contribution is -0.137. The minimum Gasteiger partial charge on any atom is -0.457 e. The van der Waals surface area contributed by atoms with Crippen molar-refractivity contribution >= 4 is 17.8 Å². The van der Waals surface area contributed by atoms with Crippen LogP contribution in [-0.4, -0.2) is 79.6 Å². The van der Waals surface area contributed by atoms with Gasteiger partial charge in [-0.1, -0.05) is 90.5 Å². The van der Waals surface area contributed by atoms with E-state index in [1.807, 2.05) is 91.9 Å². The van der Waals surface area contributed by atoms with Crippen molar-refractivity contribution in [3.63, 3.8) is 0 Å². The Kier molecular flexibility index (Phi) is 12.3. The van der Waals surface area contributed by atoms with E-state index in [0.29, 0.717) is 43.8 Å². The molecule has 2 amide bonds. The van der Waals surface area contributed by atoms with E-state index in [1.165, 1.54) is 7.11 Å². The first-order chi connectivity index (χ1) is 23.4. The number of carbonyl (C=O) groups excluding carboxylic acids is 3. The highest BCUT2D eigenvalue weighted by molar-refractivity contribution is 6.14. The van der Waals surface area contributed by atoms with E-state index in [-0.39, 0.29) is 25.6 Å². The molecule has 0 aliphatic carbocycles. The maximum absolute atomic E-state index is 13.8. The number of carbonyl (C=O) groups is 3. The van der Waals surface area contributed by atoms with Gasteiger partial charge in [0.05, 0.1) is 25.9 Å². The van der Waals surface area contributed by atoms with Gasteiger partial charge in [-0.25, -0.2) is 9.69 Å². The van der Waals surface area contributed by atoms with Gasteiger partial charge in [-0.3, -0.25) is 9.59 Å². The highest BCUT2D eigenvalue weighted by atomic mass is 16.6. The number of benzene rings is 3. The van der Waals surface area contributed by atoms with E-state index >= 15 is 0 Å². The van der Waals surface area contributed by atoms with Crippen LogP contribution in [0.15, 0.2) is 95.4 Å². The number of Topliss-reactive ketones (excluding diaryl/α,β-unsaturated/α-hetero) is 1. The normalized spacial score (nSPS) is 15.7. The molecule has 0 spiro atoms. The topological polar surface area (TPSA) is 125 Å². The molecule has 1 aromatic heterocycles. The second-order valence-electron chi connectivity index (χ2n) is 11.7. The van der Waals surface area contributed by atoms with Gasteiger partial charge < -0.3 is 28.5 Å². The zero-order valence-corrected chi connectivity index (χ0v) is 27.2. The van der Waals surface area contributed by atoms with Crippen LogP contribution in [0.25, 0.3) is 11.1 Å². The van der Waals surface area contributed by atoms with Crippen molar-refractivity contribution in [2.24, 2.45) is 0 Å². The summed E-state index contributed by atoms with van der Waals surface area (Å²) < 4.78 is 28.3. The smallest absolute Gasteiger partial charge is 0.417 e. The Bertz CT molecular complexity index is 1650. The third-order valence-electron chi connectivity index (χ3n) is 8.12. The molecule has 5 rings (SSSR count). The van der Waals surface area contributed by atoms with Crippen LogP contribution >= 0.6 is 0 Å². The first-order valence-corrected chi connectivity index (χ1v) is 16.0. The predicted octanol–water partition coefficient (Wildman–Crippen LogP) is 5.57. The van der Waals surface area contributed by atoms with E-state index in [1.54, 1.807) is 6.07 Å². The highest BCUT2D eigenvalue weighted by Gasteiger charge is 2.44. The van der Waals surface area contributed by atoms with Gasteiger partial charge in [-0.15, -0.1) is 0 Å². The van der Waals surface area contributed by atoms with Crippen LogP contribution in [0.4, 0.5) is 4.79 Å². The number of aliphatic hydroxyl groups excluding tert-OH is 1. The second-order valence-corrected chi connectivity index (χ2v) is 11.7. The summed E-state index contributed by atoms with van der Waals surface area (Å²) >= 11 is 0. The number of amides is 2. The summed E-state index contributed by atoms with van der Waals surface area (Å²) in [5.41, 5.74) is 4.53. The summed E-state index contributed by atoms with van der Waals surface area (Å²) in [6.07, 6.45) is -1.51. The maximum Gasteiger partial charge on any atom is 0.417 e. The quantitative estimate of drug-likeness (QED) is 0.0883. The molecule has 3 aromatic carbocycles. The Morgan fingerprint density at radius 1 is 0.979 bits per heavy atom. The van der Waals surface area contributed by atoms with Gasteiger partial charge in [0, 0.05) is 25.7 Å². The first kappa shape index (κ1) is 34.7. The number of cyclic esters (lactones) is 1. The number of ketones is 1. The zero-order valence-electron chi connectivity index (χ0n) is 27.2. The van der Waals surface area contributed by atoms with Crippen LogP contribution in [0, 0.1) is 6.92 Å². The molecule has 1 fully saturated rings. The van der Waals surface area contributed by atoms with E-state index in [9.17, 15) is 19.5 Å². The largest absolute Gasteiger partial charge is 0.457 e. The van der Waals surface area contributed by atoms with Crippen molar-refractivity contribution in [1.82, 2.24) is 4.90 Å². The van der Waals surface area contributed by atoms with Gasteiger partial charge in [0.1, 0.15) is 18.5 Å². The number of ether oxygens (including phenoxy) is 4. The number of aliphatic hydroxyl groups is 1. The Balaban J connectivity index is 1.26. The number of hydrogen-bond donors (Lipinski definition) is 1. The Labute approximate surface area is 280 Å². The number of nitrogens with zero attached hydrogens (tertiary/aromatic N) is 1. The van der Waals surface area contributed by atoms with Crippen LogP contribution in [-0.2, 0) is 43.2 Å². The number of imide groups is 1. The maximum atomic E-state index is 13.8. The summed E-state index contributed by atoms with van der Waals surface area (Å²) in [7, 11) is 1.25. The Morgan fingerprint density at radius 3 is 2.40 bits per heavy atom. The van der Waals surface area contributed by atoms with E-state index in [4.69, 9.17) is 23.4 Å². The second kappa shape index (κ2) is 17.0. The summed E-state index contributed by atoms with van der Waals surface area (Å²) in [5, 5.41) is 9.73. The molecule has 0 unspecified atom stereocenters. The number of rotatable bonds is 17. The molecular weight excluding hydrogens is 614 g/mol. The van der Waals surface area contributed by atoms with Crippen LogP contribution in [0.2, 0.25) is 0 Å². The SMILES string of the molecule is CO[C@H](C(=O)c1cc(-c2cccc(C)c2)c(CCCOC[C@@H](CO)OCc2ccccc2)o1)C(=O)N1C(=O)OC[C@H]1Cc1ccccc1. The van der Waals surface area contributed by atoms with Crippen molar-refractivity contribution < 1.29 is 42.9 Å². The molecule has 10 heteroatoms. The van der Waals surface area contributed by atoms with E-state index in [0.717, 1.165) is 27.2 Å². The van der Waals surface area contributed by atoms with Crippen LogP contribution < -0.4 is 0 Å². The molecule has 1 aliphatic heterocycles. The number of hydrogen-bond acceptors (Lipinski definition) is 9. The molecule has 48 heavy (non-hydrogen) atoms. The molecule has 2 heterocycles. The molecule has 1 saturated heterocycles. The number of furan rings is 1. The molecule has 3 atom stereocenters. The third-order valence-corrected chi connectivity index (χ3v) is 8.12. The van der Waals surface area contributed by atoms with Gasteiger partial charge >= 0.3 is 6.09 Å². The molecule has 0 radical (unpaired) electrons. The van der Waals surface area contributed by atoms with Crippen LogP contribution in [0.3, 0.4) is 0 Å². The minimum atomic E-state index is -1.60. The number of aryl methyl sites for hydroxylation is 2. The lowest BCUT2D eigenvalue weighted by Crippen LogP contribution is -2.48. The van der Waals surface area contributed by atoms with E-state index in [2.05, 4.69) is 0 Å². The summed E-state index contributed by atoms with van der Waals surface area (Å²) in [4.78, 5) is 41.1. The van der Waals surface area contributed by atoms with Crippen molar-refractivity contribution in [3.8, 4) is 11.1 Å². The fourth-order valence-electron chi connectivity index (χ4n) is 5.63. The third kappa shape index (κ3) is 8.84. The molecule has 1 aliphatic rings. The van der Waals surface area contributed by atoms with Crippen molar-refractivity contribution in [2.45, 2.75) is 51.0 Å². The summed E-state index contributed by atoms with van der Waals surface area (Å²) in [5.74, 6) is -0.999. The van der Waals surface area contributed by atoms with Crippen molar-refractivity contribution in [3.05, 3.63) is 119 Å². The molecular formula is C38H41NO9. The minimum absolute atomic E-state index is 0.0206. The van der Waals surface area contributed by atoms with E-state index < -0.39 is 36.0 Å². The lowest BCUT2D eigenvalue weighted by Gasteiger charge is -2.23. The van der Waals surface area contributed by atoms with Crippen molar-refractivity contribution in [1.29, 1.82) is 0 Å². The van der Waals surface area contributed by atoms with Crippen LogP contribution in [0.5, 0.6) is 0 Å². The summed E-state index contributed by atoms with van der Waals surface area (Å²) in [6.45, 7) is 2.78. The monoisotopic (exact) mass is 655 g/mol. The zero-order chi connectivity index (χ0) is 33.9. The first-order valence-electron chi connectivity index (χ1n) is 16.0. The number of methoxy groups -OCH3 is 1. The Hall–Kier alpha value is -4.61. The average Bonchev–Trinajstić information content (AvgIpc) is 3.70. The van der Waals surface area contributed by atoms with Gasteiger partial charge in [-0.2, -0.15) is 0 Å². The summed E-state index contributed by atoms with van der Waals surface area (Å²) in [6, 6.07) is 28.0. The lowest BCUT2D eigenvalue weighted by atomic mass is 10.0. The molecule has 252 valence electrons. The molecule has 1 N–H and O–H groups in total. The van der Waals surface area contributed by atoms with Crippen LogP contribution in [0.1, 0.15) is 39.4 Å². The highest BCUT2D eigenvalue weighted by Crippen LogP contribution is 2.31.